The summed E-state index contributed by atoms with van der Waals surface area (Å²) in [5.74, 6) is 3.06. The Morgan fingerprint density at radius 3 is 1.14 bits per heavy atom. The second kappa shape index (κ2) is 40.6. The number of aromatic amines is 5. The van der Waals surface area contributed by atoms with E-state index in [1.54, 1.807) is 74.9 Å². The van der Waals surface area contributed by atoms with E-state index >= 15 is 0 Å². The van der Waals surface area contributed by atoms with Crippen LogP contribution in [-0.4, -0.2) is 112 Å². The summed E-state index contributed by atoms with van der Waals surface area (Å²) in [5, 5.41) is 34.3. The summed E-state index contributed by atoms with van der Waals surface area (Å²) in [6, 6.07) is 69.9. The molecule has 0 aliphatic rings. The molecule has 10 N–H and O–H groups in total. The van der Waals surface area contributed by atoms with E-state index in [9.17, 15) is 37.1 Å². The number of methoxy groups -OCH3 is 2. The average Bonchev–Trinajstić information content (AvgIpc) is 1.67. The van der Waals surface area contributed by atoms with Gasteiger partial charge in [0.2, 0.25) is 0 Å². The molecule has 670 valence electrons. The van der Waals surface area contributed by atoms with E-state index in [1.165, 1.54) is 83.0 Å². The lowest BCUT2D eigenvalue weighted by Gasteiger charge is -2.11. The minimum Gasteiger partial charge on any atom is -0.495 e. The number of rotatable bonds is 22. The fourth-order valence-electron chi connectivity index (χ4n) is 13.5. The van der Waals surface area contributed by atoms with Crippen molar-refractivity contribution in [3.05, 3.63) is 383 Å². The molecule has 20 rings (SSSR count). The molecule has 0 atom stereocenters. The zero-order chi connectivity index (χ0) is 92.9. The van der Waals surface area contributed by atoms with E-state index in [0.29, 0.717) is 127 Å². The molecule has 11 heterocycles. The normalized spacial score (nSPS) is 11.0. The molecular weight excluding hydrogens is 1790 g/mol. The van der Waals surface area contributed by atoms with Crippen LogP contribution < -0.4 is 63.9 Å². The van der Waals surface area contributed by atoms with Crippen molar-refractivity contribution >= 4 is 103 Å². The van der Waals surface area contributed by atoms with E-state index in [4.69, 9.17) is 44.3 Å². The Morgan fingerprint density at radius 1 is 0.323 bits per heavy atom. The van der Waals surface area contributed by atoms with Gasteiger partial charge in [0, 0.05) is 79.0 Å². The van der Waals surface area contributed by atoms with Gasteiger partial charge in [-0.1, -0.05) is 137 Å². The predicted octanol–water partition coefficient (Wildman–Crippen LogP) is 17.2. The predicted molar refractivity (Wildman–Crippen MR) is 509 cm³/mol. The SMILES string of the molecule is COc1ccc(Cl)cc1NCc1cc(=O)n2[nH]c(-c3cccs3)nc2n1.COc1ccccc1NCc1cc(=O)n2[nH]c(-c3ccc(C)cc3)nc2n1.Cc1ccc(-c2nc3nc(CNc4ccccc4F)cc(=O)n3[nH]2)cc1.Cc1cccc(NCc2cc(=O)n3[nH]c(-c4ccc(Cl)cc4)nc3n2)c1C.O=c1cc(CNc2ccc(Cl)cc2)nc2nc(-c3ccc(F)c(F)c3)[nH]n12. The Bertz CT molecular complexity index is 7920. The third-order valence-electron chi connectivity index (χ3n) is 20.5. The van der Waals surface area contributed by atoms with Crippen LogP contribution >= 0.6 is 46.1 Å². The molecule has 0 unspecified atom stereocenters. The van der Waals surface area contributed by atoms with Crippen LogP contribution in [-0.2, 0) is 32.7 Å². The molecule has 133 heavy (non-hydrogen) atoms. The molecule has 32 nitrogen and oxygen atoms in total. The first-order valence-corrected chi connectivity index (χ1v) is 42.9. The van der Waals surface area contributed by atoms with Gasteiger partial charge in [0.15, 0.2) is 40.8 Å². The largest absolute Gasteiger partial charge is 0.495 e. The van der Waals surface area contributed by atoms with Crippen LogP contribution in [0.2, 0.25) is 15.1 Å². The summed E-state index contributed by atoms with van der Waals surface area (Å²) in [4.78, 5) is 107. The smallest absolute Gasteiger partial charge is 0.274 e. The third-order valence-corrected chi connectivity index (χ3v) is 22.2. The lowest BCUT2D eigenvalue weighted by atomic mass is 10.1. The van der Waals surface area contributed by atoms with Crippen molar-refractivity contribution in [1.29, 1.82) is 0 Å². The van der Waals surface area contributed by atoms with Gasteiger partial charge in [-0.15, -0.1) is 11.3 Å². The summed E-state index contributed by atoms with van der Waals surface area (Å²) in [6.07, 6.45) is 0. The highest BCUT2D eigenvalue weighted by Gasteiger charge is 2.19. The number of aromatic nitrogens is 20. The first-order chi connectivity index (χ1) is 64.4. The van der Waals surface area contributed by atoms with Crippen molar-refractivity contribution in [2.24, 2.45) is 0 Å². The highest BCUT2D eigenvalue weighted by molar-refractivity contribution is 7.13. The van der Waals surface area contributed by atoms with Crippen molar-refractivity contribution < 1.29 is 22.6 Å². The van der Waals surface area contributed by atoms with Gasteiger partial charge in [0.1, 0.15) is 17.3 Å². The Labute approximate surface area is 771 Å². The molecule has 0 amide bonds. The fourth-order valence-corrected chi connectivity index (χ4v) is 14.6. The van der Waals surface area contributed by atoms with Gasteiger partial charge in [-0.25, -0.2) is 38.1 Å². The van der Waals surface area contributed by atoms with E-state index in [2.05, 4.69) is 122 Å². The van der Waals surface area contributed by atoms with Crippen LogP contribution in [0.5, 0.6) is 11.5 Å². The number of nitrogens with zero attached hydrogens (tertiary/aromatic N) is 15. The number of ether oxygens (including phenoxy) is 2. The quantitative estimate of drug-likeness (QED) is 0.0301. The van der Waals surface area contributed by atoms with Crippen molar-refractivity contribution in [1.82, 2.24) is 97.9 Å². The lowest BCUT2D eigenvalue weighted by molar-refractivity contribution is 0.416. The molecule has 11 aromatic heterocycles. The summed E-state index contributed by atoms with van der Waals surface area (Å²) in [5.41, 5.74) is 12.9. The van der Waals surface area contributed by atoms with Crippen LogP contribution in [0.4, 0.5) is 41.6 Å². The molecule has 0 saturated heterocycles. The Hall–Kier alpha value is -16.3. The second-order valence-electron chi connectivity index (χ2n) is 29.9. The highest BCUT2D eigenvalue weighted by atomic mass is 35.5. The number of para-hydroxylation sites is 3. The number of anilines is 5. The van der Waals surface area contributed by atoms with E-state index < -0.39 is 11.6 Å². The van der Waals surface area contributed by atoms with Crippen LogP contribution in [0.15, 0.2) is 272 Å². The molecule has 0 bridgehead atoms. The van der Waals surface area contributed by atoms with Gasteiger partial charge < -0.3 is 36.1 Å². The van der Waals surface area contributed by atoms with Crippen LogP contribution in [0.1, 0.15) is 50.7 Å². The molecule has 20 aromatic rings. The van der Waals surface area contributed by atoms with Crippen molar-refractivity contribution in [2.75, 3.05) is 40.8 Å². The maximum atomic E-state index is 13.7. The van der Waals surface area contributed by atoms with Crippen molar-refractivity contribution in [3.8, 4) is 67.8 Å². The lowest BCUT2D eigenvalue weighted by Crippen LogP contribution is -2.17. The van der Waals surface area contributed by atoms with Crippen LogP contribution in [0, 0.1) is 45.1 Å². The van der Waals surface area contributed by atoms with Gasteiger partial charge in [-0.05, 0) is 166 Å². The van der Waals surface area contributed by atoms with Crippen LogP contribution in [0.3, 0.4) is 0 Å². The molecule has 0 fully saturated rings. The average molecular weight is 1870 g/mol. The minimum atomic E-state index is -0.999. The molecule has 0 spiro atoms. The van der Waals surface area contributed by atoms with Gasteiger partial charge in [-0.3, -0.25) is 49.5 Å². The second-order valence-corrected chi connectivity index (χ2v) is 32.1. The van der Waals surface area contributed by atoms with Gasteiger partial charge in [0.05, 0.1) is 97.4 Å². The number of fused-ring (bicyclic) bond motifs is 5. The number of benzene rings is 9. The van der Waals surface area contributed by atoms with Crippen molar-refractivity contribution in [3.63, 3.8) is 0 Å². The molecule has 0 saturated carbocycles. The van der Waals surface area contributed by atoms with Gasteiger partial charge >= 0.3 is 0 Å². The highest BCUT2D eigenvalue weighted by Crippen LogP contribution is 2.31. The summed E-state index contributed by atoms with van der Waals surface area (Å²) in [7, 11) is 3.20. The van der Waals surface area contributed by atoms with E-state index in [0.717, 1.165) is 77.8 Å². The molecule has 39 heteroatoms. The number of halogens is 6. The van der Waals surface area contributed by atoms with E-state index in [1.807, 2.05) is 141 Å². The Balaban J connectivity index is 0.000000121. The number of thiophene rings is 1. The Morgan fingerprint density at radius 2 is 0.692 bits per heavy atom. The third kappa shape index (κ3) is 21.8. The monoisotopic (exact) mass is 1860 g/mol. The molecule has 0 aliphatic carbocycles. The van der Waals surface area contributed by atoms with E-state index in [-0.39, 0.29) is 57.5 Å². The van der Waals surface area contributed by atoms with Gasteiger partial charge in [-0.2, -0.15) is 47.5 Å². The number of hydrogen-bond acceptors (Lipinski definition) is 23. The zero-order valence-corrected chi connectivity index (χ0v) is 74.5. The maximum absolute atomic E-state index is 13.7. The first-order valence-electron chi connectivity index (χ1n) is 40.9. The van der Waals surface area contributed by atoms with Crippen LogP contribution in [0.25, 0.3) is 85.1 Å². The summed E-state index contributed by atoms with van der Waals surface area (Å²) in [6.45, 7) is 9.86. The standard InChI is InChI=1S/C20H18ClN5O.C20H19N5O2.C19H16FN5O.C18H12ClF2N5O.C17H14ClN5O2S/c1-12-4-3-5-17(13(12)2)22-11-16-10-18(27)26-20(23-16)24-19(25-26)14-6-8-15(21)9-7-14;1-13-7-9-14(10-8-13)19-23-20-22-15(11-18(26)25(20)24-19)12-21-16-5-3-4-6-17(16)27-2;1-12-6-8-13(9-7-12)18-23-19-22-14(10-17(26)25(19)24-18)11-21-16-5-3-2-4-15(16)20;19-11-2-4-12(5-3-11)22-9-13-8-16(27)26-18(23-13)24-17(25-26)10-1-6-14(20)15(21)7-10;1-25-13-5-4-10(18)7-12(13)19-9-11-8-15(24)23-17(20-11)21-16(22-23)14-3-2-6-26-14/h3-10,22H,11H2,1-2H3,(H,23,24,25);3-11,21H,12H2,1-2H3,(H,22,23,24);2-10,21H,11H2,1H3,(H,22,23,24);1-8,22H,9H2,(H,23,24,25);2-8,19H,9H2,1H3,(H,20,21,22). The van der Waals surface area contributed by atoms with Crippen molar-refractivity contribution in [2.45, 2.75) is 60.4 Å². The first kappa shape index (κ1) is 90.1. The number of hydrogen-bond donors (Lipinski definition) is 10. The molecule has 9 aromatic carbocycles. The van der Waals surface area contributed by atoms with Gasteiger partial charge in [0.25, 0.3) is 56.7 Å². The maximum Gasteiger partial charge on any atom is 0.274 e. The topological polar surface area (TPSA) is 394 Å². The number of nitrogens with one attached hydrogen (secondary N) is 10. The minimum absolute atomic E-state index is 0.134. The molecular formula is C94H79Cl3F3N25O7S. The summed E-state index contributed by atoms with van der Waals surface area (Å²) >= 11 is 19.3. The Kier molecular flexibility index (Phi) is 27.5. The molecule has 0 radical (unpaired) electrons. The summed E-state index contributed by atoms with van der Waals surface area (Å²) < 4.78 is 57.3. The number of aryl methyl sites for hydroxylation is 3. The number of H-pyrrole nitrogens is 5. The zero-order valence-electron chi connectivity index (χ0n) is 71.4. The fraction of sp³-hybridized carbons (Fsp3) is 0.117. The molecule has 0 aliphatic heterocycles.